The SMILES string of the molecule is O=C(CCc1ccc2c(c1)OCCCO2)NCCc1ccc(F)c(Br)c1. The molecule has 0 radical (unpaired) electrons. The van der Waals surface area contributed by atoms with Crippen molar-refractivity contribution in [2.75, 3.05) is 19.8 Å². The van der Waals surface area contributed by atoms with Crippen LogP contribution >= 0.6 is 15.9 Å². The van der Waals surface area contributed by atoms with E-state index in [9.17, 15) is 9.18 Å². The Morgan fingerprint density at radius 1 is 1.04 bits per heavy atom. The standard InChI is InChI=1S/C20H21BrFNO3/c21-16-12-15(2-5-17(16)22)8-9-23-20(24)7-4-14-3-6-18-19(13-14)26-11-1-10-25-18/h2-3,5-6,12-13H,1,4,7-11H2,(H,23,24). The van der Waals surface area contributed by atoms with Crippen molar-refractivity contribution in [2.24, 2.45) is 0 Å². The van der Waals surface area contributed by atoms with Crippen molar-refractivity contribution in [3.8, 4) is 11.5 Å². The Balaban J connectivity index is 1.44. The van der Waals surface area contributed by atoms with E-state index in [1.807, 2.05) is 18.2 Å². The summed E-state index contributed by atoms with van der Waals surface area (Å²) in [5.41, 5.74) is 2.02. The van der Waals surface area contributed by atoms with Gasteiger partial charge in [-0.05, 0) is 64.2 Å². The first-order valence-corrected chi connectivity index (χ1v) is 9.50. The van der Waals surface area contributed by atoms with Crippen molar-refractivity contribution >= 4 is 21.8 Å². The maximum absolute atomic E-state index is 13.2. The van der Waals surface area contributed by atoms with E-state index in [2.05, 4.69) is 21.2 Å². The Morgan fingerprint density at radius 3 is 2.58 bits per heavy atom. The fraction of sp³-hybridized carbons (Fsp3) is 0.350. The lowest BCUT2D eigenvalue weighted by Crippen LogP contribution is -2.25. The lowest BCUT2D eigenvalue weighted by molar-refractivity contribution is -0.121. The normalized spacial score (nSPS) is 13.2. The molecule has 0 saturated carbocycles. The molecule has 2 aromatic carbocycles. The highest BCUT2D eigenvalue weighted by atomic mass is 79.9. The van der Waals surface area contributed by atoms with Crippen LogP contribution in [-0.4, -0.2) is 25.7 Å². The average Bonchev–Trinajstić information content (AvgIpc) is 2.88. The van der Waals surface area contributed by atoms with Crippen LogP contribution in [0.3, 0.4) is 0 Å². The van der Waals surface area contributed by atoms with E-state index >= 15 is 0 Å². The van der Waals surface area contributed by atoms with E-state index in [1.54, 1.807) is 12.1 Å². The lowest BCUT2D eigenvalue weighted by Gasteiger charge is -2.10. The van der Waals surface area contributed by atoms with Crippen LogP contribution in [-0.2, 0) is 17.6 Å². The number of hydrogen-bond donors (Lipinski definition) is 1. The molecule has 0 aromatic heterocycles. The van der Waals surface area contributed by atoms with Crippen molar-refractivity contribution in [3.63, 3.8) is 0 Å². The molecule has 6 heteroatoms. The summed E-state index contributed by atoms with van der Waals surface area (Å²) in [5, 5.41) is 2.90. The number of amides is 1. The first kappa shape index (κ1) is 18.7. The summed E-state index contributed by atoms with van der Waals surface area (Å²) < 4.78 is 24.9. The molecule has 0 atom stereocenters. The van der Waals surface area contributed by atoms with Crippen LogP contribution in [0.1, 0.15) is 24.0 Å². The van der Waals surface area contributed by atoms with Crippen molar-refractivity contribution in [1.29, 1.82) is 0 Å². The van der Waals surface area contributed by atoms with Gasteiger partial charge in [0.15, 0.2) is 11.5 Å². The average molecular weight is 422 g/mol. The lowest BCUT2D eigenvalue weighted by atomic mass is 10.1. The first-order valence-electron chi connectivity index (χ1n) is 8.71. The molecule has 4 nitrogen and oxygen atoms in total. The molecule has 1 amide bonds. The van der Waals surface area contributed by atoms with Crippen LogP contribution in [0.15, 0.2) is 40.9 Å². The van der Waals surface area contributed by atoms with E-state index in [0.29, 0.717) is 43.5 Å². The van der Waals surface area contributed by atoms with Gasteiger partial charge < -0.3 is 14.8 Å². The smallest absolute Gasteiger partial charge is 0.220 e. The number of carbonyl (C=O) groups is 1. The van der Waals surface area contributed by atoms with Gasteiger partial charge in [-0.2, -0.15) is 0 Å². The minimum atomic E-state index is -0.284. The number of hydrogen-bond acceptors (Lipinski definition) is 3. The predicted molar refractivity (Wildman–Crippen MR) is 101 cm³/mol. The maximum Gasteiger partial charge on any atom is 0.220 e. The zero-order valence-electron chi connectivity index (χ0n) is 14.4. The number of aryl methyl sites for hydroxylation is 1. The van der Waals surface area contributed by atoms with Gasteiger partial charge in [0.25, 0.3) is 0 Å². The van der Waals surface area contributed by atoms with Gasteiger partial charge in [0, 0.05) is 19.4 Å². The monoisotopic (exact) mass is 421 g/mol. The fourth-order valence-corrected chi connectivity index (χ4v) is 3.18. The third-order valence-corrected chi connectivity index (χ3v) is 4.78. The van der Waals surface area contributed by atoms with Crippen molar-refractivity contribution in [2.45, 2.75) is 25.7 Å². The second kappa shape index (κ2) is 9.03. The predicted octanol–water partition coefficient (Wildman–Crippen LogP) is 4.04. The highest BCUT2D eigenvalue weighted by Gasteiger charge is 2.11. The van der Waals surface area contributed by atoms with Crippen LogP contribution in [0, 0.1) is 5.82 Å². The summed E-state index contributed by atoms with van der Waals surface area (Å²) in [6, 6.07) is 10.7. The Hall–Kier alpha value is -2.08. The molecule has 0 fully saturated rings. The van der Waals surface area contributed by atoms with Crippen LogP contribution < -0.4 is 14.8 Å². The zero-order valence-corrected chi connectivity index (χ0v) is 16.0. The number of benzene rings is 2. The summed E-state index contributed by atoms with van der Waals surface area (Å²) in [7, 11) is 0. The third kappa shape index (κ3) is 5.21. The molecular weight excluding hydrogens is 401 g/mol. The first-order chi connectivity index (χ1) is 12.6. The van der Waals surface area contributed by atoms with Crippen molar-refractivity contribution in [3.05, 3.63) is 57.8 Å². The Bertz CT molecular complexity index is 782. The summed E-state index contributed by atoms with van der Waals surface area (Å²) in [5.74, 6) is 1.23. The van der Waals surface area contributed by atoms with E-state index in [-0.39, 0.29) is 11.7 Å². The van der Waals surface area contributed by atoms with Gasteiger partial charge in [-0.25, -0.2) is 4.39 Å². The van der Waals surface area contributed by atoms with Crippen LogP contribution in [0.25, 0.3) is 0 Å². The molecule has 138 valence electrons. The number of carbonyl (C=O) groups excluding carboxylic acids is 1. The maximum atomic E-state index is 13.2. The van der Waals surface area contributed by atoms with E-state index < -0.39 is 0 Å². The number of rotatable bonds is 6. The number of ether oxygens (including phenoxy) is 2. The minimum Gasteiger partial charge on any atom is -0.490 e. The summed E-state index contributed by atoms with van der Waals surface area (Å²) in [6.45, 7) is 1.84. The molecule has 2 aromatic rings. The van der Waals surface area contributed by atoms with Crippen molar-refractivity contribution in [1.82, 2.24) is 5.32 Å². The van der Waals surface area contributed by atoms with Crippen LogP contribution in [0.5, 0.6) is 11.5 Å². The zero-order chi connectivity index (χ0) is 18.4. The molecular formula is C20H21BrFNO3. The van der Waals surface area contributed by atoms with Gasteiger partial charge in [0.2, 0.25) is 5.91 Å². The molecule has 0 bridgehead atoms. The van der Waals surface area contributed by atoms with Gasteiger partial charge in [-0.15, -0.1) is 0 Å². The quantitative estimate of drug-likeness (QED) is 0.765. The molecule has 0 unspecified atom stereocenters. The second-order valence-corrected chi connectivity index (χ2v) is 7.03. The highest BCUT2D eigenvalue weighted by Crippen LogP contribution is 2.30. The Kier molecular flexibility index (Phi) is 6.50. The van der Waals surface area contributed by atoms with Crippen LogP contribution in [0.2, 0.25) is 0 Å². The van der Waals surface area contributed by atoms with Gasteiger partial charge in [0.1, 0.15) is 5.82 Å². The number of halogens is 2. The Labute approximate surface area is 160 Å². The molecule has 1 aliphatic rings. The summed E-state index contributed by atoms with van der Waals surface area (Å²) in [6.07, 6.45) is 2.59. The topological polar surface area (TPSA) is 47.6 Å². The van der Waals surface area contributed by atoms with Gasteiger partial charge in [-0.1, -0.05) is 12.1 Å². The van der Waals surface area contributed by atoms with Gasteiger partial charge in [0.05, 0.1) is 17.7 Å². The summed E-state index contributed by atoms with van der Waals surface area (Å²) >= 11 is 3.17. The van der Waals surface area contributed by atoms with E-state index in [4.69, 9.17) is 9.47 Å². The second-order valence-electron chi connectivity index (χ2n) is 6.18. The molecule has 1 aliphatic heterocycles. The van der Waals surface area contributed by atoms with Crippen LogP contribution in [0.4, 0.5) is 4.39 Å². The molecule has 3 rings (SSSR count). The fourth-order valence-electron chi connectivity index (χ4n) is 2.75. The molecule has 0 aliphatic carbocycles. The Morgan fingerprint density at radius 2 is 1.77 bits per heavy atom. The number of nitrogens with one attached hydrogen (secondary N) is 1. The molecule has 1 heterocycles. The van der Waals surface area contributed by atoms with E-state index in [0.717, 1.165) is 29.0 Å². The largest absolute Gasteiger partial charge is 0.490 e. The minimum absolute atomic E-state index is 0.00158. The molecule has 0 spiro atoms. The van der Waals surface area contributed by atoms with Gasteiger partial charge >= 0.3 is 0 Å². The summed E-state index contributed by atoms with van der Waals surface area (Å²) in [4.78, 5) is 12.0. The molecule has 1 N–H and O–H groups in total. The molecule has 26 heavy (non-hydrogen) atoms. The highest BCUT2D eigenvalue weighted by molar-refractivity contribution is 9.10. The number of fused-ring (bicyclic) bond motifs is 1. The van der Waals surface area contributed by atoms with E-state index in [1.165, 1.54) is 6.07 Å². The molecule has 0 saturated heterocycles. The third-order valence-electron chi connectivity index (χ3n) is 4.17. The van der Waals surface area contributed by atoms with Crippen molar-refractivity contribution < 1.29 is 18.7 Å². The van der Waals surface area contributed by atoms with Gasteiger partial charge in [-0.3, -0.25) is 4.79 Å².